The van der Waals surface area contributed by atoms with E-state index in [-0.39, 0.29) is 24.4 Å². The van der Waals surface area contributed by atoms with Gasteiger partial charge in [-0.2, -0.15) is 5.26 Å². The van der Waals surface area contributed by atoms with Gasteiger partial charge >= 0.3 is 5.69 Å². The van der Waals surface area contributed by atoms with E-state index in [1.807, 2.05) is 30.3 Å². The molecule has 0 aliphatic rings. The molecule has 2 heterocycles. The standard InChI is InChI=1S/C28H20N4O3S/c29-17-20-6-8-21(9-7-20)18-31-24-14-15-36-26(24)27(34)32(28(31)35)23-12-10-19(11-13-23)16-25(33)30-22-4-2-1-3-5-22/h1-15H,16,18H2,(H,30,33). The Hall–Kier alpha value is -4.74. The number of nitrogens with zero attached hydrogens (tertiary/aromatic N) is 3. The van der Waals surface area contributed by atoms with Crippen LogP contribution in [-0.4, -0.2) is 15.0 Å². The first-order valence-corrected chi connectivity index (χ1v) is 12.1. The molecule has 8 heteroatoms. The van der Waals surface area contributed by atoms with Crippen molar-refractivity contribution >= 4 is 33.1 Å². The highest BCUT2D eigenvalue weighted by atomic mass is 32.1. The number of amides is 1. The summed E-state index contributed by atoms with van der Waals surface area (Å²) in [4.78, 5) is 39.1. The van der Waals surface area contributed by atoms with Crippen LogP contribution in [-0.2, 0) is 17.8 Å². The number of hydrogen-bond donors (Lipinski definition) is 1. The average molecular weight is 493 g/mol. The Balaban J connectivity index is 1.46. The van der Waals surface area contributed by atoms with Crippen LogP contribution in [0, 0.1) is 11.3 Å². The van der Waals surface area contributed by atoms with Gasteiger partial charge in [0.25, 0.3) is 5.56 Å². The van der Waals surface area contributed by atoms with E-state index in [2.05, 4.69) is 11.4 Å². The van der Waals surface area contributed by atoms with Gasteiger partial charge in [-0.25, -0.2) is 9.36 Å². The Morgan fingerprint density at radius 2 is 1.58 bits per heavy atom. The van der Waals surface area contributed by atoms with Crippen molar-refractivity contribution in [3.63, 3.8) is 0 Å². The predicted octanol–water partition coefficient (Wildman–Crippen LogP) is 4.32. The van der Waals surface area contributed by atoms with Gasteiger partial charge in [-0.3, -0.25) is 14.2 Å². The SMILES string of the molecule is N#Cc1ccc(Cn2c(=O)n(-c3ccc(CC(=O)Nc4ccccc4)cc3)c(=O)c3sccc32)cc1. The topological polar surface area (TPSA) is 96.9 Å². The smallest absolute Gasteiger partial charge is 0.326 e. The Bertz CT molecular complexity index is 1710. The van der Waals surface area contributed by atoms with E-state index in [4.69, 9.17) is 5.26 Å². The van der Waals surface area contributed by atoms with Crippen molar-refractivity contribution in [1.29, 1.82) is 5.26 Å². The lowest BCUT2D eigenvalue weighted by molar-refractivity contribution is -0.115. The summed E-state index contributed by atoms with van der Waals surface area (Å²) in [6.07, 6.45) is 0.164. The first-order valence-electron chi connectivity index (χ1n) is 11.2. The molecular weight excluding hydrogens is 472 g/mol. The van der Waals surface area contributed by atoms with Crippen LogP contribution in [0.15, 0.2) is 99.9 Å². The maximum absolute atomic E-state index is 13.5. The van der Waals surface area contributed by atoms with Crippen LogP contribution in [0.2, 0.25) is 0 Å². The zero-order chi connectivity index (χ0) is 25.1. The van der Waals surface area contributed by atoms with Crippen LogP contribution >= 0.6 is 11.3 Å². The number of rotatable bonds is 6. The summed E-state index contributed by atoms with van der Waals surface area (Å²) in [5.74, 6) is -0.157. The minimum Gasteiger partial charge on any atom is -0.326 e. The molecule has 0 fully saturated rings. The van der Waals surface area contributed by atoms with Crippen LogP contribution in [0.25, 0.3) is 15.9 Å². The van der Waals surface area contributed by atoms with Gasteiger partial charge in [-0.15, -0.1) is 11.3 Å². The molecule has 0 aliphatic heterocycles. The second-order valence-corrected chi connectivity index (χ2v) is 9.13. The fourth-order valence-electron chi connectivity index (χ4n) is 4.01. The lowest BCUT2D eigenvalue weighted by Crippen LogP contribution is -2.38. The molecule has 0 saturated carbocycles. The minimum absolute atomic E-state index is 0.157. The highest BCUT2D eigenvalue weighted by Crippen LogP contribution is 2.18. The Morgan fingerprint density at radius 3 is 2.28 bits per heavy atom. The van der Waals surface area contributed by atoms with Crippen molar-refractivity contribution in [3.05, 3.63) is 128 Å². The molecule has 2 aromatic heterocycles. The number of nitrogens with one attached hydrogen (secondary N) is 1. The summed E-state index contributed by atoms with van der Waals surface area (Å²) in [5, 5.41) is 13.7. The average Bonchev–Trinajstić information content (AvgIpc) is 3.39. The quantitative estimate of drug-likeness (QED) is 0.382. The summed E-state index contributed by atoms with van der Waals surface area (Å²) in [6.45, 7) is 0.260. The van der Waals surface area contributed by atoms with Crippen LogP contribution < -0.4 is 16.6 Å². The monoisotopic (exact) mass is 492 g/mol. The van der Waals surface area contributed by atoms with Crippen molar-refractivity contribution in [3.8, 4) is 11.8 Å². The third-order valence-electron chi connectivity index (χ3n) is 5.80. The normalized spacial score (nSPS) is 10.8. The molecule has 0 bridgehead atoms. The van der Waals surface area contributed by atoms with Gasteiger partial charge in [-0.1, -0.05) is 42.5 Å². The third kappa shape index (κ3) is 4.60. The molecule has 7 nitrogen and oxygen atoms in total. The van der Waals surface area contributed by atoms with Gasteiger partial charge in [0.15, 0.2) is 0 Å². The summed E-state index contributed by atoms with van der Waals surface area (Å²) in [5.41, 5.74) is 3.03. The lowest BCUT2D eigenvalue weighted by atomic mass is 10.1. The second-order valence-electron chi connectivity index (χ2n) is 8.21. The molecule has 0 aliphatic carbocycles. The van der Waals surface area contributed by atoms with E-state index in [9.17, 15) is 14.4 Å². The number of carbonyl (C=O) groups is 1. The summed E-state index contributed by atoms with van der Waals surface area (Å²) < 4.78 is 3.21. The van der Waals surface area contributed by atoms with Gasteiger partial charge in [-0.05, 0) is 59.0 Å². The van der Waals surface area contributed by atoms with Crippen molar-refractivity contribution in [1.82, 2.24) is 9.13 Å². The fourth-order valence-corrected chi connectivity index (χ4v) is 4.83. The molecule has 0 unspecified atom stereocenters. The molecule has 0 radical (unpaired) electrons. The number of benzene rings is 3. The van der Waals surface area contributed by atoms with Gasteiger partial charge in [0.05, 0.1) is 35.8 Å². The number of hydrogen-bond acceptors (Lipinski definition) is 5. The van der Waals surface area contributed by atoms with Crippen LogP contribution in [0.5, 0.6) is 0 Å². The van der Waals surface area contributed by atoms with E-state index in [1.54, 1.807) is 64.5 Å². The van der Waals surface area contributed by atoms with E-state index >= 15 is 0 Å². The summed E-state index contributed by atoms with van der Waals surface area (Å²) >= 11 is 1.29. The molecule has 5 rings (SSSR count). The molecule has 0 atom stereocenters. The molecule has 0 spiro atoms. The van der Waals surface area contributed by atoms with Gasteiger partial charge in [0, 0.05) is 5.69 Å². The number of carbonyl (C=O) groups excluding carboxylic acids is 1. The van der Waals surface area contributed by atoms with Crippen LogP contribution in [0.3, 0.4) is 0 Å². The highest BCUT2D eigenvalue weighted by Gasteiger charge is 2.16. The maximum Gasteiger partial charge on any atom is 0.336 e. The first kappa shape index (κ1) is 23.0. The maximum atomic E-state index is 13.5. The lowest BCUT2D eigenvalue weighted by Gasteiger charge is -2.13. The number of para-hydroxylation sites is 1. The van der Waals surface area contributed by atoms with Crippen molar-refractivity contribution in [2.24, 2.45) is 0 Å². The van der Waals surface area contributed by atoms with E-state index in [0.717, 1.165) is 21.4 Å². The Labute approximate surface area is 210 Å². The number of thiophene rings is 1. The molecule has 36 heavy (non-hydrogen) atoms. The molecule has 3 aromatic carbocycles. The second kappa shape index (κ2) is 9.86. The molecule has 176 valence electrons. The molecule has 1 amide bonds. The van der Waals surface area contributed by atoms with Gasteiger partial charge < -0.3 is 5.32 Å². The zero-order valence-corrected chi connectivity index (χ0v) is 19.9. The largest absolute Gasteiger partial charge is 0.336 e. The molecule has 5 aromatic rings. The summed E-state index contributed by atoms with van der Waals surface area (Å²) in [6, 6.07) is 26.9. The molecular formula is C28H20N4O3S. The van der Waals surface area contributed by atoms with E-state index in [1.165, 1.54) is 11.3 Å². The Morgan fingerprint density at radius 1 is 0.889 bits per heavy atom. The highest BCUT2D eigenvalue weighted by molar-refractivity contribution is 7.17. The number of nitriles is 1. The molecule has 1 N–H and O–H groups in total. The van der Waals surface area contributed by atoms with Crippen LogP contribution in [0.4, 0.5) is 5.69 Å². The van der Waals surface area contributed by atoms with Gasteiger partial charge in [0.1, 0.15) is 4.70 Å². The van der Waals surface area contributed by atoms with E-state index < -0.39 is 5.69 Å². The molecule has 0 saturated heterocycles. The summed E-state index contributed by atoms with van der Waals surface area (Å²) in [7, 11) is 0. The first-order chi connectivity index (χ1) is 17.5. The Kier molecular flexibility index (Phi) is 6.31. The fraction of sp³-hybridized carbons (Fsp3) is 0.0714. The zero-order valence-electron chi connectivity index (χ0n) is 19.0. The predicted molar refractivity (Wildman–Crippen MR) is 141 cm³/mol. The van der Waals surface area contributed by atoms with Crippen molar-refractivity contribution < 1.29 is 4.79 Å². The van der Waals surface area contributed by atoms with Crippen LogP contribution in [0.1, 0.15) is 16.7 Å². The third-order valence-corrected chi connectivity index (χ3v) is 6.69. The van der Waals surface area contributed by atoms with E-state index in [0.29, 0.717) is 21.5 Å². The number of aromatic nitrogens is 2. The van der Waals surface area contributed by atoms with Crippen molar-refractivity contribution in [2.75, 3.05) is 5.32 Å². The van der Waals surface area contributed by atoms with Crippen molar-refractivity contribution in [2.45, 2.75) is 13.0 Å². The number of anilines is 1. The minimum atomic E-state index is -0.454. The van der Waals surface area contributed by atoms with Gasteiger partial charge in [0.2, 0.25) is 5.91 Å². The number of fused-ring (bicyclic) bond motifs is 1.